The SMILES string of the molecule is CC1=C(C2CCC[C+]2C)CCC1. The van der Waals surface area contributed by atoms with Gasteiger partial charge in [-0.25, -0.2) is 0 Å². The lowest BCUT2D eigenvalue weighted by molar-refractivity contribution is 0.647. The van der Waals surface area contributed by atoms with Gasteiger partial charge in [0.25, 0.3) is 0 Å². The normalized spacial score (nSPS) is 30.5. The Kier molecular flexibility index (Phi) is 2.16. The average Bonchev–Trinajstić information content (AvgIpc) is 2.59. The van der Waals surface area contributed by atoms with E-state index in [2.05, 4.69) is 13.8 Å². The van der Waals surface area contributed by atoms with Gasteiger partial charge in [-0.15, -0.1) is 0 Å². The Morgan fingerprint density at radius 3 is 2.58 bits per heavy atom. The molecular formula is C12H19+. The highest BCUT2D eigenvalue weighted by Crippen LogP contribution is 2.43. The third-order valence-electron chi connectivity index (χ3n) is 3.63. The lowest BCUT2D eigenvalue weighted by atomic mass is 9.88. The van der Waals surface area contributed by atoms with Crippen LogP contribution >= 0.6 is 0 Å². The molecule has 0 aromatic heterocycles. The third-order valence-corrected chi connectivity index (χ3v) is 3.63. The summed E-state index contributed by atoms with van der Waals surface area (Å²) in [4.78, 5) is 0. The van der Waals surface area contributed by atoms with Crippen LogP contribution in [0.15, 0.2) is 11.1 Å². The topological polar surface area (TPSA) is 0 Å². The molecule has 0 aliphatic heterocycles. The Hall–Kier alpha value is -0.390. The maximum atomic E-state index is 2.36. The van der Waals surface area contributed by atoms with E-state index in [1.54, 1.807) is 11.5 Å². The smallest absolute Gasteiger partial charge is 0.0696 e. The first kappa shape index (κ1) is 8.22. The molecule has 0 radical (unpaired) electrons. The lowest BCUT2D eigenvalue weighted by Crippen LogP contribution is -2.04. The van der Waals surface area contributed by atoms with Crippen molar-refractivity contribution in [3.8, 4) is 0 Å². The predicted molar refractivity (Wildman–Crippen MR) is 52.8 cm³/mol. The van der Waals surface area contributed by atoms with Crippen molar-refractivity contribution in [1.29, 1.82) is 0 Å². The van der Waals surface area contributed by atoms with Gasteiger partial charge in [0.15, 0.2) is 0 Å². The van der Waals surface area contributed by atoms with E-state index in [1.165, 1.54) is 38.5 Å². The first-order chi connectivity index (χ1) is 5.79. The minimum absolute atomic E-state index is 0.896. The predicted octanol–water partition coefficient (Wildman–Crippen LogP) is 3.88. The maximum Gasteiger partial charge on any atom is 0.121 e. The first-order valence-electron chi connectivity index (χ1n) is 5.30. The summed E-state index contributed by atoms with van der Waals surface area (Å²) in [5, 5.41) is 0. The van der Waals surface area contributed by atoms with Gasteiger partial charge in [0.05, 0.1) is 19.3 Å². The quantitative estimate of drug-likeness (QED) is 0.406. The van der Waals surface area contributed by atoms with Crippen LogP contribution in [0.1, 0.15) is 52.4 Å². The van der Waals surface area contributed by atoms with Crippen molar-refractivity contribution < 1.29 is 0 Å². The molecule has 66 valence electrons. The average molecular weight is 163 g/mol. The number of hydrogen-bond acceptors (Lipinski definition) is 0. The van der Waals surface area contributed by atoms with Crippen molar-refractivity contribution in [1.82, 2.24) is 0 Å². The molecular weight excluding hydrogens is 144 g/mol. The fourth-order valence-electron chi connectivity index (χ4n) is 2.87. The van der Waals surface area contributed by atoms with Gasteiger partial charge in [-0.1, -0.05) is 5.57 Å². The van der Waals surface area contributed by atoms with Gasteiger partial charge in [0.1, 0.15) is 5.92 Å². The molecule has 0 amide bonds. The summed E-state index contributed by atoms with van der Waals surface area (Å²) in [5.41, 5.74) is 3.52. The van der Waals surface area contributed by atoms with Crippen molar-refractivity contribution in [2.45, 2.75) is 52.4 Å². The molecule has 1 atom stereocenters. The summed E-state index contributed by atoms with van der Waals surface area (Å²) < 4.78 is 0. The Morgan fingerprint density at radius 1 is 1.25 bits per heavy atom. The van der Waals surface area contributed by atoms with Crippen LogP contribution in [0.4, 0.5) is 0 Å². The molecule has 1 unspecified atom stereocenters. The molecule has 0 aromatic rings. The second kappa shape index (κ2) is 3.16. The van der Waals surface area contributed by atoms with Gasteiger partial charge >= 0.3 is 0 Å². The molecule has 0 saturated heterocycles. The Morgan fingerprint density at radius 2 is 2.08 bits per heavy atom. The van der Waals surface area contributed by atoms with Crippen LogP contribution in [-0.2, 0) is 0 Å². The van der Waals surface area contributed by atoms with Crippen LogP contribution in [0, 0.1) is 11.8 Å². The molecule has 2 aliphatic carbocycles. The highest BCUT2D eigenvalue weighted by atomic mass is 14.3. The summed E-state index contributed by atoms with van der Waals surface area (Å²) in [6, 6.07) is 0. The number of allylic oxidation sites excluding steroid dienone is 2. The molecule has 0 spiro atoms. The fraction of sp³-hybridized carbons (Fsp3) is 0.750. The Bertz CT molecular complexity index is 200. The zero-order chi connectivity index (χ0) is 8.55. The van der Waals surface area contributed by atoms with E-state index in [-0.39, 0.29) is 0 Å². The molecule has 0 nitrogen and oxygen atoms in total. The molecule has 0 heterocycles. The minimum atomic E-state index is 0.896. The number of rotatable bonds is 1. The van der Waals surface area contributed by atoms with Crippen molar-refractivity contribution in [2.75, 3.05) is 0 Å². The summed E-state index contributed by atoms with van der Waals surface area (Å²) in [6.45, 7) is 4.70. The molecule has 12 heavy (non-hydrogen) atoms. The van der Waals surface area contributed by atoms with Crippen LogP contribution in [-0.4, -0.2) is 0 Å². The highest BCUT2D eigenvalue weighted by Gasteiger charge is 2.37. The first-order valence-corrected chi connectivity index (χ1v) is 5.30. The van der Waals surface area contributed by atoms with Crippen molar-refractivity contribution in [3.63, 3.8) is 0 Å². The summed E-state index contributed by atoms with van der Waals surface area (Å²) in [6.07, 6.45) is 8.46. The molecule has 2 rings (SSSR count). The van der Waals surface area contributed by atoms with Crippen molar-refractivity contribution >= 4 is 0 Å². The highest BCUT2D eigenvalue weighted by molar-refractivity contribution is 5.26. The Balaban J connectivity index is 2.12. The van der Waals surface area contributed by atoms with Gasteiger partial charge in [-0.2, -0.15) is 0 Å². The summed E-state index contributed by atoms with van der Waals surface area (Å²) in [7, 11) is 0. The van der Waals surface area contributed by atoms with Crippen LogP contribution in [0.25, 0.3) is 0 Å². The Labute approximate surface area is 76.1 Å². The van der Waals surface area contributed by atoms with Crippen LogP contribution < -0.4 is 0 Å². The van der Waals surface area contributed by atoms with Gasteiger partial charge in [-0.05, 0) is 44.6 Å². The molecule has 1 saturated carbocycles. The largest absolute Gasteiger partial charge is 0.121 e. The van der Waals surface area contributed by atoms with Gasteiger partial charge in [0.2, 0.25) is 0 Å². The lowest BCUT2D eigenvalue weighted by Gasteiger charge is -2.09. The van der Waals surface area contributed by atoms with Crippen LogP contribution in [0.3, 0.4) is 0 Å². The second-order valence-electron chi connectivity index (χ2n) is 4.45. The van der Waals surface area contributed by atoms with E-state index >= 15 is 0 Å². The zero-order valence-electron chi connectivity index (χ0n) is 8.32. The van der Waals surface area contributed by atoms with E-state index in [0.717, 1.165) is 5.92 Å². The van der Waals surface area contributed by atoms with E-state index in [9.17, 15) is 0 Å². The molecule has 1 fully saturated rings. The van der Waals surface area contributed by atoms with E-state index in [1.807, 2.05) is 5.57 Å². The van der Waals surface area contributed by atoms with E-state index in [0.29, 0.717) is 0 Å². The van der Waals surface area contributed by atoms with Crippen molar-refractivity contribution in [3.05, 3.63) is 17.1 Å². The maximum absolute atomic E-state index is 2.36. The molecule has 0 bridgehead atoms. The van der Waals surface area contributed by atoms with E-state index in [4.69, 9.17) is 0 Å². The molecule has 0 aromatic carbocycles. The van der Waals surface area contributed by atoms with Crippen molar-refractivity contribution in [2.24, 2.45) is 5.92 Å². The molecule has 0 heteroatoms. The van der Waals surface area contributed by atoms with E-state index < -0.39 is 0 Å². The second-order valence-corrected chi connectivity index (χ2v) is 4.45. The third kappa shape index (κ3) is 1.28. The fourth-order valence-corrected chi connectivity index (χ4v) is 2.87. The van der Waals surface area contributed by atoms with Crippen LogP contribution in [0.5, 0.6) is 0 Å². The monoisotopic (exact) mass is 163 g/mol. The molecule has 2 aliphatic rings. The summed E-state index contributed by atoms with van der Waals surface area (Å²) in [5.74, 6) is 2.65. The zero-order valence-corrected chi connectivity index (χ0v) is 8.32. The van der Waals surface area contributed by atoms with Gasteiger partial charge in [-0.3, -0.25) is 0 Å². The standard InChI is InChI=1S/C12H19/c1-9-5-3-7-11(9)12-8-4-6-10(12)2/h11H,3-8H2,1-2H3/q+1. The van der Waals surface area contributed by atoms with Gasteiger partial charge < -0.3 is 0 Å². The summed E-state index contributed by atoms with van der Waals surface area (Å²) >= 11 is 0. The van der Waals surface area contributed by atoms with Gasteiger partial charge in [0, 0.05) is 0 Å². The molecule has 0 N–H and O–H groups in total. The minimum Gasteiger partial charge on any atom is -0.0696 e. The number of hydrogen-bond donors (Lipinski definition) is 0. The van der Waals surface area contributed by atoms with Crippen LogP contribution in [0.2, 0.25) is 0 Å².